The molecule has 0 aromatic heterocycles. The quantitative estimate of drug-likeness (QED) is 0.735. The number of carbonyl (C=O) groups is 2. The van der Waals surface area contributed by atoms with Crippen LogP contribution in [0, 0.1) is 5.92 Å². The summed E-state index contributed by atoms with van der Waals surface area (Å²) in [5.74, 6) is -0.847. The molecule has 2 fully saturated rings. The van der Waals surface area contributed by atoms with Crippen LogP contribution in [0.2, 0.25) is 0 Å². The number of nitrogens with zero attached hydrogens (tertiary/aromatic N) is 1. The maximum atomic E-state index is 12.3. The van der Waals surface area contributed by atoms with Gasteiger partial charge in [-0.25, -0.2) is 4.79 Å². The summed E-state index contributed by atoms with van der Waals surface area (Å²) in [6.07, 6.45) is 3.76. The first-order chi connectivity index (χ1) is 8.11. The van der Waals surface area contributed by atoms with Crippen LogP contribution < -0.4 is 5.32 Å². The molecule has 2 rings (SSSR count). The lowest BCUT2D eigenvalue weighted by Crippen LogP contribution is -2.52. The Kier molecular flexibility index (Phi) is 3.66. The molecule has 0 bridgehead atoms. The molecule has 2 saturated heterocycles. The van der Waals surface area contributed by atoms with Gasteiger partial charge in [0.25, 0.3) is 0 Å². The summed E-state index contributed by atoms with van der Waals surface area (Å²) in [5.41, 5.74) is 0. The Labute approximate surface area is 101 Å². The lowest BCUT2D eigenvalue weighted by Gasteiger charge is -2.30. The zero-order valence-electron chi connectivity index (χ0n) is 10.2. The van der Waals surface area contributed by atoms with Crippen LogP contribution in [0.3, 0.4) is 0 Å². The van der Waals surface area contributed by atoms with E-state index in [2.05, 4.69) is 5.32 Å². The second kappa shape index (κ2) is 5.04. The van der Waals surface area contributed by atoms with Gasteiger partial charge < -0.3 is 15.3 Å². The number of carbonyl (C=O) groups excluding carboxylic acids is 1. The molecule has 5 heteroatoms. The molecule has 0 spiro atoms. The van der Waals surface area contributed by atoms with Crippen LogP contribution in [0.4, 0.5) is 0 Å². The van der Waals surface area contributed by atoms with Gasteiger partial charge in [-0.1, -0.05) is 13.3 Å². The second-order valence-electron chi connectivity index (χ2n) is 5.08. The second-order valence-corrected chi connectivity index (χ2v) is 5.08. The average Bonchev–Trinajstić information content (AvgIpc) is 2.71. The summed E-state index contributed by atoms with van der Waals surface area (Å²) < 4.78 is 0. The van der Waals surface area contributed by atoms with Crippen LogP contribution >= 0.6 is 0 Å². The number of nitrogens with one attached hydrogen (secondary N) is 1. The van der Waals surface area contributed by atoms with Crippen LogP contribution in [-0.4, -0.2) is 47.1 Å². The van der Waals surface area contributed by atoms with Gasteiger partial charge in [0.05, 0.1) is 6.04 Å². The Bertz CT molecular complexity index is 313. The standard InChI is InChI=1S/C12H20N2O3/c1-8-5-7-14(10(8)12(16)17)11(15)9-4-2-3-6-13-9/h8-10,13H,2-7H2,1H3,(H,16,17)/t8?,9-,10?/m0/s1. The Balaban J connectivity index is 2.05. The van der Waals surface area contributed by atoms with Crippen LogP contribution in [0.1, 0.15) is 32.6 Å². The zero-order chi connectivity index (χ0) is 12.4. The molecule has 1 amide bonds. The number of aliphatic carboxylic acids is 1. The Hall–Kier alpha value is -1.10. The number of hydrogen-bond acceptors (Lipinski definition) is 3. The van der Waals surface area contributed by atoms with Gasteiger partial charge in [-0.15, -0.1) is 0 Å². The van der Waals surface area contributed by atoms with Crippen molar-refractivity contribution in [3.05, 3.63) is 0 Å². The van der Waals surface area contributed by atoms with Gasteiger partial charge in [0, 0.05) is 6.54 Å². The summed E-state index contributed by atoms with van der Waals surface area (Å²) >= 11 is 0. The van der Waals surface area contributed by atoms with Crippen LogP contribution in [0.15, 0.2) is 0 Å². The third kappa shape index (κ3) is 2.44. The number of carboxylic acid groups (broad SMARTS) is 1. The molecule has 2 aliphatic heterocycles. The van der Waals surface area contributed by atoms with Crippen molar-refractivity contribution in [2.75, 3.05) is 13.1 Å². The molecule has 0 saturated carbocycles. The smallest absolute Gasteiger partial charge is 0.326 e. The molecule has 5 nitrogen and oxygen atoms in total. The van der Waals surface area contributed by atoms with Crippen molar-refractivity contribution in [3.8, 4) is 0 Å². The van der Waals surface area contributed by atoms with Gasteiger partial charge in [0.1, 0.15) is 6.04 Å². The minimum Gasteiger partial charge on any atom is -0.480 e. The highest BCUT2D eigenvalue weighted by atomic mass is 16.4. The molecule has 2 heterocycles. The highest BCUT2D eigenvalue weighted by Crippen LogP contribution is 2.25. The lowest BCUT2D eigenvalue weighted by molar-refractivity contribution is -0.150. The van der Waals surface area contributed by atoms with Crippen molar-refractivity contribution in [3.63, 3.8) is 0 Å². The molecule has 2 unspecified atom stereocenters. The summed E-state index contributed by atoms with van der Waals surface area (Å²) in [6.45, 7) is 3.34. The first-order valence-electron chi connectivity index (χ1n) is 6.38. The van der Waals surface area contributed by atoms with E-state index in [-0.39, 0.29) is 17.9 Å². The number of hydrogen-bond donors (Lipinski definition) is 2. The zero-order valence-corrected chi connectivity index (χ0v) is 10.2. The van der Waals surface area contributed by atoms with Crippen LogP contribution in [-0.2, 0) is 9.59 Å². The van der Waals surface area contributed by atoms with E-state index in [4.69, 9.17) is 0 Å². The number of rotatable bonds is 2. The highest BCUT2D eigenvalue weighted by molar-refractivity contribution is 5.87. The van der Waals surface area contributed by atoms with E-state index >= 15 is 0 Å². The minimum atomic E-state index is -0.876. The SMILES string of the molecule is CC1CCN(C(=O)[C@@H]2CCCCN2)C1C(=O)O. The molecular weight excluding hydrogens is 220 g/mol. The molecule has 0 aliphatic carbocycles. The van der Waals surface area contributed by atoms with Crippen molar-refractivity contribution in [2.45, 2.75) is 44.7 Å². The van der Waals surface area contributed by atoms with E-state index in [0.717, 1.165) is 32.2 Å². The number of carboxylic acids is 1. The van der Waals surface area contributed by atoms with Crippen molar-refractivity contribution >= 4 is 11.9 Å². The topological polar surface area (TPSA) is 69.6 Å². The number of piperidine rings is 1. The fraction of sp³-hybridized carbons (Fsp3) is 0.833. The summed E-state index contributed by atoms with van der Waals surface area (Å²) in [5, 5.41) is 12.4. The molecule has 0 aromatic rings. The van der Waals surface area contributed by atoms with E-state index in [9.17, 15) is 14.7 Å². The summed E-state index contributed by atoms with van der Waals surface area (Å²) in [7, 11) is 0. The van der Waals surface area contributed by atoms with Gasteiger partial charge in [-0.05, 0) is 31.7 Å². The van der Waals surface area contributed by atoms with E-state index < -0.39 is 12.0 Å². The number of amides is 1. The molecule has 2 N–H and O–H groups in total. The Morgan fingerprint density at radius 1 is 1.29 bits per heavy atom. The fourth-order valence-corrected chi connectivity index (χ4v) is 2.83. The summed E-state index contributed by atoms with van der Waals surface area (Å²) in [4.78, 5) is 25.0. The maximum absolute atomic E-state index is 12.3. The van der Waals surface area contributed by atoms with Crippen molar-refractivity contribution < 1.29 is 14.7 Å². The average molecular weight is 240 g/mol. The van der Waals surface area contributed by atoms with Gasteiger partial charge in [-0.3, -0.25) is 4.79 Å². The molecule has 17 heavy (non-hydrogen) atoms. The predicted octanol–water partition coefficient (Wildman–Crippen LogP) is 0.450. The lowest BCUT2D eigenvalue weighted by atomic mass is 10.0. The highest BCUT2D eigenvalue weighted by Gasteiger charge is 2.41. The van der Waals surface area contributed by atoms with Gasteiger partial charge >= 0.3 is 5.97 Å². The van der Waals surface area contributed by atoms with E-state index in [0.29, 0.717) is 6.54 Å². The van der Waals surface area contributed by atoms with E-state index in [1.54, 1.807) is 4.90 Å². The third-order valence-electron chi connectivity index (χ3n) is 3.84. The van der Waals surface area contributed by atoms with Gasteiger partial charge in [-0.2, -0.15) is 0 Å². The molecule has 0 aromatic carbocycles. The molecular formula is C12H20N2O3. The normalized spacial score (nSPS) is 33.7. The minimum absolute atomic E-state index is 0.0264. The Morgan fingerprint density at radius 2 is 2.06 bits per heavy atom. The van der Waals surface area contributed by atoms with E-state index in [1.807, 2.05) is 6.92 Å². The molecule has 96 valence electrons. The molecule has 3 atom stereocenters. The first kappa shape index (κ1) is 12.4. The molecule has 0 radical (unpaired) electrons. The third-order valence-corrected chi connectivity index (χ3v) is 3.84. The monoisotopic (exact) mass is 240 g/mol. The van der Waals surface area contributed by atoms with Crippen LogP contribution in [0.5, 0.6) is 0 Å². The predicted molar refractivity (Wildman–Crippen MR) is 62.6 cm³/mol. The summed E-state index contributed by atoms with van der Waals surface area (Å²) in [6, 6.07) is -0.804. The largest absolute Gasteiger partial charge is 0.480 e. The fourth-order valence-electron chi connectivity index (χ4n) is 2.83. The van der Waals surface area contributed by atoms with Crippen molar-refractivity contribution in [2.24, 2.45) is 5.92 Å². The van der Waals surface area contributed by atoms with Gasteiger partial charge in [0.15, 0.2) is 0 Å². The van der Waals surface area contributed by atoms with Gasteiger partial charge in [0.2, 0.25) is 5.91 Å². The van der Waals surface area contributed by atoms with Crippen LogP contribution in [0.25, 0.3) is 0 Å². The number of likely N-dealkylation sites (tertiary alicyclic amines) is 1. The Morgan fingerprint density at radius 3 is 2.65 bits per heavy atom. The van der Waals surface area contributed by atoms with E-state index in [1.165, 1.54) is 0 Å². The maximum Gasteiger partial charge on any atom is 0.326 e. The first-order valence-corrected chi connectivity index (χ1v) is 6.38. The van der Waals surface area contributed by atoms with Crippen molar-refractivity contribution in [1.82, 2.24) is 10.2 Å². The van der Waals surface area contributed by atoms with Crippen molar-refractivity contribution in [1.29, 1.82) is 0 Å². The molecule has 2 aliphatic rings.